The van der Waals surface area contributed by atoms with Gasteiger partial charge in [0.25, 0.3) is 5.22 Å². The number of benzene rings is 2. The van der Waals surface area contributed by atoms with Crippen molar-refractivity contribution in [2.24, 2.45) is 0 Å². The maximum Gasteiger partial charge on any atom is 0.277 e. The lowest BCUT2D eigenvalue weighted by atomic mass is 10.2. The van der Waals surface area contributed by atoms with E-state index in [-0.39, 0.29) is 17.5 Å². The average molecular weight is 422 g/mol. The lowest BCUT2D eigenvalue weighted by molar-refractivity contribution is -0.113. The van der Waals surface area contributed by atoms with Crippen LogP contribution in [0.1, 0.15) is 5.56 Å². The van der Waals surface area contributed by atoms with E-state index in [0.29, 0.717) is 22.4 Å². The Labute approximate surface area is 156 Å². The monoisotopic (exact) mass is 421 g/mol. The average Bonchev–Trinajstić information content (AvgIpc) is 3.05. The number of aromatic nitrogens is 2. The van der Waals surface area contributed by atoms with Crippen molar-refractivity contribution >= 4 is 39.3 Å². The molecule has 0 saturated carbocycles. The number of amides is 1. The molecular weight excluding hydrogens is 409 g/mol. The number of carbonyl (C=O) groups excluding carboxylic acids is 1. The molecule has 0 radical (unpaired) electrons. The molecule has 128 valence electrons. The second-order valence-electron chi connectivity index (χ2n) is 5.18. The van der Waals surface area contributed by atoms with Crippen molar-refractivity contribution in [3.63, 3.8) is 0 Å². The number of hydrogen-bond acceptors (Lipinski definition) is 5. The second kappa shape index (κ2) is 7.79. The maximum absolute atomic E-state index is 13.1. The van der Waals surface area contributed by atoms with Gasteiger partial charge in [0.15, 0.2) is 0 Å². The first-order valence-corrected chi connectivity index (χ1v) is 9.07. The minimum atomic E-state index is -0.337. The fraction of sp³-hybridized carbons (Fsp3) is 0.118. The van der Waals surface area contributed by atoms with Crippen LogP contribution in [0.3, 0.4) is 0 Å². The van der Waals surface area contributed by atoms with Gasteiger partial charge in [-0.2, -0.15) is 0 Å². The predicted molar refractivity (Wildman–Crippen MR) is 97.9 cm³/mol. The zero-order valence-corrected chi connectivity index (χ0v) is 15.5. The van der Waals surface area contributed by atoms with Gasteiger partial charge in [0.2, 0.25) is 11.8 Å². The molecular formula is C17H13BrFN3O2S. The van der Waals surface area contributed by atoms with Gasteiger partial charge >= 0.3 is 0 Å². The fourth-order valence-electron chi connectivity index (χ4n) is 2.09. The lowest BCUT2D eigenvalue weighted by Gasteiger charge is -2.07. The highest BCUT2D eigenvalue weighted by Crippen LogP contribution is 2.25. The van der Waals surface area contributed by atoms with Crippen LogP contribution in [0, 0.1) is 12.7 Å². The number of nitrogens with one attached hydrogen (secondary N) is 1. The van der Waals surface area contributed by atoms with Crippen molar-refractivity contribution in [3.05, 3.63) is 58.3 Å². The molecule has 0 aliphatic rings. The van der Waals surface area contributed by atoms with Gasteiger partial charge in [-0.15, -0.1) is 10.2 Å². The van der Waals surface area contributed by atoms with E-state index in [1.807, 2.05) is 24.3 Å². The molecule has 0 fully saturated rings. The number of nitrogens with zero attached hydrogens (tertiary/aromatic N) is 2. The Bertz CT molecular complexity index is 916. The van der Waals surface area contributed by atoms with Crippen molar-refractivity contribution in [2.75, 3.05) is 11.1 Å². The van der Waals surface area contributed by atoms with Gasteiger partial charge in [0.05, 0.1) is 5.75 Å². The molecule has 0 atom stereocenters. The number of rotatable bonds is 5. The van der Waals surface area contributed by atoms with Crippen molar-refractivity contribution in [2.45, 2.75) is 12.1 Å². The van der Waals surface area contributed by atoms with Gasteiger partial charge in [0.1, 0.15) is 5.82 Å². The Balaban J connectivity index is 1.59. The highest BCUT2D eigenvalue weighted by atomic mass is 79.9. The summed E-state index contributed by atoms with van der Waals surface area (Å²) >= 11 is 4.52. The van der Waals surface area contributed by atoms with Crippen LogP contribution in [0.15, 0.2) is 56.6 Å². The zero-order valence-electron chi connectivity index (χ0n) is 13.1. The standard InChI is InChI=1S/C17H13BrFN3O2S/c1-10-7-13(19)5-6-14(10)20-15(23)9-25-17-22-21-16(24-17)11-3-2-4-12(18)8-11/h2-8H,9H2,1H3,(H,20,23). The van der Waals surface area contributed by atoms with Gasteiger partial charge in [0, 0.05) is 15.7 Å². The van der Waals surface area contributed by atoms with E-state index in [1.165, 1.54) is 18.2 Å². The molecule has 1 N–H and O–H groups in total. The Morgan fingerprint density at radius 2 is 2.12 bits per heavy atom. The van der Waals surface area contributed by atoms with E-state index in [9.17, 15) is 9.18 Å². The minimum Gasteiger partial charge on any atom is -0.411 e. The van der Waals surface area contributed by atoms with E-state index in [2.05, 4.69) is 31.4 Å². The van der Waals surface area contributed by atoms with Crippen molar-refractivity contribution in [1.82, 2.24) is 10.2 Å². The van der Waals surface area contributed by atoms with E-state index >= 15 is 0 Å². The molecule has 5 nitrogen and oxygen atoms in total. The summed E-state index contributed by atoms with van der Waals surface area (Å²) in [5.41, 5.74) is 2.03. The summed E-state index contributed by atoms with van der Waals surface area (Å²) < 4.78 is 19.5. The van der Waals surface area contributed by atoms with Crippen LogP contribution in [-0.4, -0.2) is 21.9 Å². The molecule has 1 heterocycles. The number of aryl methyl sites for hydroxylation is 1. The van der Waals surface area contributed by atoms with Crippen LogP contribution >= 0.6 is 27.7 Å². The highest BCUT2D eigenvalue weighted by molar-refractivity contribution is 9.10. The maximum atomic E-state index is 13.1. The van der Waals surface area contributed by atoms with Crippen molar-refractivity contribution in [3.8, 4) is 11.5 Å². The SMILES string of the molecule is Cc1cc(F)ccc1NC(=O)CSc1nnc(-c2cccc(Br)c2)o1. The Morgan fingerprint density at radius 1 is 1.28 bits per heavy atom. The van der Waals surface area contributed by atoms with Crippen molar-refractivity contribution in [1.29, 1.82) is 0 Å². The van der Waals surface area contributed by atoms with Gasteiger partial charge in [-0.05, 0) is 48.9 Å². The summed E-state index contributed by atoms with van der Waals surface area (Å²) in [5, 5.41) is 11.0. The molecule has 0 saturated heterocycles. The van der Waals surface area contributed by atoms with E-state index < -0.39 is 0 Å². The Morgan fingerprint density at radius 3 is 2.88 bits per heavy atom. The van der Waals surface area contributed by atoms with Crippen LogP contribution < -0.4 is 5.32 Å². The van der Waals surface area contributed by atoms with Crippen LogP contribution in [0.5, 0.6) is 0 Å². The quantitative estimate of drug-likeness (QED) is 0.605. The normalized spacial score (nSPS) is 10.7. The summed E-state index contributed by atoms with van der Waals surface area (Å²) in [6.07, 6.45) is 0. The van der Waals surface area contributed by atoms with Gasteiger partial charge in [-0.1, -0.05) is 33.8 Å². The third-order valence-corrected chi connectivity index (χ3v) is 4.58. The first-order chi connectivity index (χ1) is 12.0. The Kier molecular flexibility index (Phi) is 5.50. The van der Waals surface area contributed by atoms with Crippen LogP contribution in [-0.2, 0) is 4.79 Å². The molecule has 0 bridgehead atoms. The van der Waals surface area contributed by atoms with E-state index in [4.69, 9.17) is 4.42 Å². The number of hydrogen-bond donors (Lipinski definition) is 1. The summed E-state index contributed by atoms with van der Waals surface area (Å²) in [4.78, 5) is 12.0. The molecule has 2 aromatic carbocycles. The van der Waals surface area contributed by atoms with Crippen molar-refractivity contribution < 1.29 is 13.6 Å². The molecule has 1 amide bonds. The molecule has 0 aliphatic heterocycles. The van der Waals surface area contributed by atoms with Gasteiger partial charge < -0.3 is 9.73 Å². The topological polar surface area (TPSA) is 68.0 Å². The van der Waals surface area contributed by atoms with E-state index in [0.717, 1.165) is 21.8 Å². The van der Waals surface area contributed by atoms with E-state index in [1.54, 1.807) is 6.92 Å². The second-order valence-corrected chi connectivity index (χ2v) is 7.02. The predicted octanol–water partition coefficient (Wildman–Crippen LogP) is 4.68. The number of carbonyl (C=O) groups is 1. The molecule has 1 aromatic heterocycles. The lowest BCUT2D eigenvalue weighted by Crippen LogP contribution is -2.14. The Hall–Kier alpha value is -2.19. The van der Waals surface area contributed by atoms with Gasteiger partial charge in [-0.25, -0.2) is 4.39 Å². The largest absolute Gasteiger partial charge is 0.411 e. The molecule has 0 spiro atoms. The van der Waals surface area contributed by atoms with Crippen LogP contribution in [0.4, 0.5) is 10.1 Å². The third-order valence-electron chi connectivity index (χ3n) is 3.27. The first kappa shape index (κ1) is 17.6. The summed E-state index contributed by atoms with van der Waals surface area (Å²) in [6.45, 7) is 1.73. The summed E-state index contributed by atoms with van der Waals surface area (Å²) in [5.74, 6) is -0.0759. The highest BCUT2D eigenvalue weighted by Gasteiger charge is 2.12. The molecule has 3 rings (SSSR count). The molecule has 3 aromatic rings. The third kappa shape index (κ3) is 4.67. The molecule has 0 aliphatic carbocycles. The smallest absolute Gasteiger partial charge is 0.277 e. The zero-order chi connectivity index (χ0) is 17.8. The summed E-state index contributed by atoms with van der Waals surface area (Å²) in [7, 11) is 0. The summed E-state index contributed by atoms with van der Waals surface area (Å²) in [6, 6.07) is 11.7. The first-order valence-electron chi connectivity index (χ1n) is 7.29. The van der Waals surface area contributed by atoms with Gasteiger partial charge in [-0.3, -0.25) is 4.79 Å². The molecule has 25 heavy (non-hydrogen) atoms. The van der Waals surface area contributed by atoms with Crippen LogP contribution in [0.25, 0.3) is 11.5 Å². The number of halogens is 2. The number of thioether (sulfide) groups is 1. The van der Waals surface area contributed by atoms with Crippen LogP contribution in [0.2, 0.25) is 0 Å². The minimum absolute atomic E-state index is 0.108. The number of anilines is 1. The molecule has 0 unspecified atom stereocenters. The molecule has 8 heteroatoms. The fourth-order valence-corrected chi connectivity index (χ4v) is 3.05.